The quantitative estimate of drug-likeness (QED) is 0.637. The minimum absolute atomic E-state index is 0.344. The fourth-order valence-corrected chi connectivity index (χ4v) is 3.40. The van der Waals surface area contributed by atoms with Gasteiger partial charge in [-0.05, 0) is 30.3 Å². The summed E-state index contributed by atoms with van der Waals surface area (Å²) in [5.41, 5.74) is 5.80. The minimum atomic E-state index is -0.427. The van der Waals surface area contributed by atoms with E-state index in [4.69, 9.17) is 9.47 Å². The second-order valence-corrected chi connectivity index (χ2v) is 7.55. The Morgan fingerprint density at radius 2 is 1.65 bits per heavy atom. The fourth-order valence-electron chi connectivity index (χ4n) is 2.45. The monoisotopic (exact) mass is 372 g/mol. The number of hydrogen-bond donors (Lipinski definition) is 2. The third-order valence-electron chi connectivity index (χ3n) is 3.59. The molecule has 26 heavy (non-hydrogen) atoms. The van der Waals surface area contributed by atoms with Crippen molar-refractivity contribution in [2.24, 2.45) is 0 Å². The van der Waals surface area contributed by atoms with Crippen LogP contribution in [0.1, 0.15) is 34.6 Å². The normalized spacial score (nSPS) is 12.6. The van der Waals surface area contributed by atoms with Gasteiger partial charge in [0, 0.05) is 15.7 Å². The molecule has 136 valence electrons. The first kappa shape index (κ1) is 18.1. The molecule has 0 bridgehead atoms. The van der Waals surface area contributed by atoms with Gasteiger partial charge in [-0.2, -0.15) is 0 Å². The van der Waals surface area contributed by atoms with E-state index in [1.165, 1.54) is 0 Å². The van der Waals surface area contributed by atoms with Crippen molar-refractivity contribution in [1.29, 1.82) is 0 Å². The van der Waals surface area contributed by atoms with Gasteiger partial charge in [-0.3, -0.25) is 20.4 Å². The van der Waals surface area contributed by atoms with Crippen LogP contribution in [0.3, 0.4) is 0 Å². The van der Waals surface area contributed by atoms with E-state index in [0.29, 0.717) is 41.1 Å². The Morgan fingerprint density at radius 1 is 0.962 bits per heavy atom. The predicted molar refractivity (Wildman–Crippen MR) is 99.8 cm³/mol. The molecule has 2 aromatic carbocycles. The highest BCUT2D eigenvalue weighted by Crippen LogP contribution is 2.30. The van der Waals surface area contributed by atoms with Crippen LogP contribution in [0, 0.1) is 0 Å². The van der Waals surface area contributed by atoms with E-state index >= 15 is 0 Å². The van der Waals surface area contributed by atoms with Crippen LogP contribution in [-0.2, 0) is 0 Å². The van der Waals surface area contributed by atoms with Crippen molar-refractivity contribution >= 4 is 23.6 Å². The molecule has 0 atom stereocenters. The summed E-state index contributed by atoms with van der Waals surface area (Å²) in [7, 11) is 0. The number of hydrogen-bond acceptors (Lipinski definition) is 5. The average molecular weight is 372 g/mol. The zero-order valence-corrected chi connectivity index (χ0v) is 15.4. The molecule has 0 saturated heterocycles. The zero-order valence-electron chi connectivity index (χ0n) is 14.6. The van der Waals surface area contributed by atoms with Crippen LogP contribution in [0.15, 0.2) is 47.4 Å². The highest BCUT2D eigenvalue weighted by atomic mass is 32.2. The molecule has 0 unspecified atom stereocenters. The number of ether oxygens (including phenoxy) is 2. The number of benzene rings is 2. The minimum Gasteiger partial charge on any atom is -0.486 e. The van der Waals surface area contributed by atoms with Crippen LogP contribution in [0.2, 0.25) is 0 Å². The number of fused-ring (bicyclic) bond motifs is 1. The van der Waals surface area contributed by atoms with Gasteiger partial charge in [-0.1, -0.05) is 26.0 Å². The molecule has 2 N–H and O–H groups in total. The first-order valence-electron chi connectivity index (χ1n) is 8.30. The maximum absolute atomic E-state index is 12.4. The molecule has 0 saturated carbocycles. The van der Waals surface area contributed by atoms with Gasteiger partial charge in [0.25, 0.3) is 11.8 Å². The van der Waals surface area contributed by atoms with Crippen LogP contribution < -0.4 is 20.3 Å². The van der Waals surface area contributed by atoms with Crippen LogP contribution in [-0.4, -0.2) is 30.3 Å². The number of amides is 2. The number of carbonyl (C=O) groups excluding carboxylic acids is 2. The lowest BCUT2D eigenvalue weighted by Crippen LogP contribution is -2.41. The number of rotatable bonds is 4. The third-order valence-corrected chi connectivity index (χ3v) is 4.67. The van der Waals surface area contributed by atoms with Gasteiger partial charge in [0.15, 0.2) is 11.5 Å². The second-order valence-electron chi connectivity index (χ2n) is 5.93. The molecular formula is C19H20N2O4S. The van der Waals surface area contributed by atoms with Gasteiger partial charge in [-0.15, -0.1) is 11.8 Å². The van der Waals surface area contributed by atoms with Crippen LogP contribution in [0.4, 0.5) is 0 Å². The summed E-state index contributed by atoms with van der Waals surface area (Å²) in [6.07, 6.45) is 0. The smallest absolute Gasteiger partial charge is 0.270 e. The summed E-state index contributed by atoms with van der Waals surface area (Å²) in [4.78, 5) is 25.6. The lowest BCUT2D eigenvalue weighted by Gasteiger charge is -2.18. The van der Waals surface area contributed by atoms with Gasteiger partial charge < -0.3 is 9.47 Å². The number of hydrazine groups is 1. The highest BCUT2D eigenvalue weighted by molar-refractivity contribution is 8.00. The van der Waals surface area contributed by atoms with E-state index in [1.807, 2.05) is 12.1 Å². The van der Waals surface area contributed by atoms with Gasteiger partial charge >= 0.3 is 0 Å². The third kappa shape index (κ3) is 4.29. The van der Waals surface area contributed by atoms with E-state index in [9.17, 15) is 9.59 Å². The highest BCUT2D eigenvalue weighted by Gasteiger charge is 2.17. The molecule has 1 aliphatic heterocycles. The lowest BCUT2D eigenvalue weighted by molar-refractivity contribution is 0.0844. The SMILES string of the molecule is CC(C)Sc1ccccc1C(=O)NNC(=O)c1ccc2c(c1)OCCO2. The summed E-state index contributed by atoms with van der Waals surface area (Å²) in [6, 6.07) is 12.2. The first-order valence-corrected chi connectivity index (χ1v) is 9.18. The average Bonchev–Trinajstić information content (AvgIpc) is 2.65. The number of thioether (sulfide) groups is 1. The first-order chi connectivity index (χ1) is 12.5. The summed E-state index contributed by atoms with van der Waals surface area (Å²) in [6.45, 7) is 5.05. The molecular weight excluding hydrogens is 352 g/mol. The van der Waals surface area contributed by atoms with Gasteiger partial charge in [0.2, 0.25) is 0 Å². The molecule has 3 rings (SSSR count). The van der Waals surface area contributed by atoms with Crippen LogP contribution >= 0.6 is 11.8 Å². The van der Waals surface area contributed by atoms with Gasteiger partial charge in [0.05, 0.1) is 5.56 Å². The van der Waals surface area contributed by atoms with E-state index in [0.717, 1.165) is 4.90 Å². The van der Waals surface area contributed by atoms with Crippen molar-refractivity contribution in [3.8, 4) is 11.5 Å². The van der Waals surface area contributed by atoms with E-state index < -0.39 is 5.91 Å². The molecule has 2 aromatic rings. The molecule has 0 aromatic heterocycles. The molecule has 2 amide bonds. The maximum Gasteiger partial charge on any atom is 0.270 e. The Morgan fingerprint density at radius 3 is 2.42 bits per heavy atom. The predicted octanol–water partition coefficient (Wildman–Crippen LogP) is 3.03. The van der Waals surface area contributed by atoms with Crippen molar-refractivity contribution in [3.63, 3.8) is 0 Å². The molecule has 0 fully saturated rings. The zero-order chi connectivity index (χ0) is 18.5. The molecule has 1 aliphatic rings. The fraction of sp³-hybridized carbons (Fsp3) is 0.263. The number of nitrogens with one attached hydrogen (secondary N) is 2. The van der Waals surface area contributed by atoms with Crippen molar-refractivity contribution < 1.29 is 19.1 Å². The van der Waals surface area contributed by atoms with Gasteiger partial charge in [0.1, 0.15) is 13.2 Å². The number of carbonyl (C=O) groups is 2. The Hall–Kier alpha value is -2.67. The lowest BCUT2D eigenvalue weighted by atomic mass is 10.2. The van der Waals surface area contributed by atoms with Crippen molar-refractivity contribution in [2.75, 3.05) is 13.2 Å². The Kier molecular flexibility index (Phi) is 5.68. The van der Waals surface area contributed by atoms with Crippen molar-refractivity contribution in [1.82, 2.24) is 10.9 Å². The van der Waals surface area contributed by atoms with Crippen LogP contribution in [0.25, 0.3) is 0 Å². The van der Waals surface area contributed by atoms with Gasteiger partial charge in [-0.25, -0.2) is 0 Å². The van der Waals surface area contributed by atoms with Crippen LogP contribution in [0.5, 0.6) is 11.5 Å². The van der Waals surface area contributed by atoms with E-state index in [1.54, 1.807) is 42.1 Å². The molecule has 0 radical (unpaired) electrons. The Labute approximate surface area is 156 Å². The molecule has 0 aliphatic carbocycles. The Bertz CT molecular complexity index is 823. The summed E-state index contributed by atoms with van der Waals surface area (Å²) in [5, 5.41) is 0.344. The molecule has 1 heterocycles. The Balaban J connectivity index is 1.65. The maximum atomic E-state index is 12.4. The largest absolute Gasteiger partial charge is 0.486 e. The second kappa shape index (κ2) is 8.14. The topological polar surface area (TPSA) is 76.7 Å². The molecule has 6 nitrogen and oxygen atoms in total. The summed E-state index contributed by atoms with van der Waals surface area (Å²) < 4.78 is 10.9. The van der Waals surface area contributed by atoms with Crippen molar-refractivity contribution in [2.45, 2.75) is 24.0 Å². The molecule has 0 spiro atoms. The van der Waals surface area contributed by atoms with E-state index in [2.05, 4.69) is 24.7 Å². The summed E-state index contributed by atoms with van der Waals surface area (Å²) in [5.74, 6) is 0.342. The van der Waals surface area contributed by atoms with Crippen molar-refractivity contribution in [3.05, 3.63) is 53.6 Å². The summed E-state index contributed by atoms with van der Waals surface area (Å²) >= 11 is 1.60. The standard InChI is InChI=1S/C19H20N2O4S/c1-12(2)26-17-6-4-3-5-14(17)19(23)21-20-18(22)13-7-8-15-16(11-13)25-10-9-24-15/h3-8,11-12H,9-10H2,1-2H3,(H,20,22)(H,21,23). The van der Waals surface area contributed by atoms with E-state index in [-0.39, 0.29) is 5.91 Å². The molecule has 7 heteroatoms.